The molecule has 0 aliphatic carbocycles. The van der Waals surface area contributed by atoms with Crippen molar-refractivity contribution in [3.8, 4) is 0 Å². The Morgan fingerprint density at radius 2 is 2.00 bits per heavy atom. The molecule has 0 rings (SSSR count). The quantitative estimate of drug-likeness (QED) is 0.542. The molecule has 0 amide bonds. The second-order valence-electron chi connectivity index (χ2n) is 0.789. The van der Waals surface area contributed by atoms with Crippen LogP contribution in [0.3, 0.4) is 0 Å². The molecule has 0 bridgehead atoms. The van der Waals surface area contributed by atoms with Crippen molar-refractivity contribution in [2.24, 2.45) is 5.73 Å². The van der Waals surface area contributed by atoms with Gasteiger partial charge in [-0.15, -0.1) is 0 Å². The van der Waals surface area contributed by atoms with Crippen LogP contribution in [0.1, 0.15) is 0 Å². The van der Waals surface area contributed by atoms with E-state index in [4.69, 9.17) is 5.73 Å². The van der Waals surface area contributed by atoms with E-state index in [0.29, 0.717) is 6.54 Å². The Bertz CT molecular complexity index is 17.7. The molecule has 0 heterocycles. The molecule has 1 radical (unpaired) electrons. The van der Waals surface area contributed by atoms with Crippen LogP contribution in [-0.2, 0) is 16.8 Å². The molecule has 0 saturated heterocycles. The molecule has 0 aromatic heterocycles. The average molecular weight is 148 g/mol. The minimum Gasteiger partial charge on any atom is -0.693 e. The Morgan fingerprint density at radius 3 is 2.00 bits per heavy atom. The molecule has 0 aliphatic rings. The van der Waals surface area contributed by atoms with Gasteiger partial charge in [0.05, 0.1) is 0 Å². The normalized spacial score (nSPS) is 6.00. The van der Waals surface area contributed by atoms with Crippen LogP contribution in [0.25, 0.3) is 6.15 Å². The number of nitrogens with one attached hydrogen (secondary N) is 1. The maximum absolute atomic E-state index is 5.04. The third-order valence-corrected chi connectivity index (χ3v) is 0.321. The second kappa shape index (κ2) is 16.2. The Labute approximate surface area is 54.8 Å². The van der Waals surface area contributed by atoms with Gasteiger partial charge in [-0.2, -0.15) is 0 Å². The van der Waals surface area contributed by atoms with E-state index in [-0.39, 0.29) is 22.9 Å². The fourth-order valence-corrected chi connectivity index (χ4v) is 0.102. The van der Waals surface area contributed by atoms with Crippen LogP contribution >= 0.6 is 0 Å². The fourth-order valence-electron chi connectivity index (χ4n) is 0.102. The molecule has 0 spiro atoms. The Balaban J connectivity index is -0.0000000800. The predicted octanol–water partition coefficient (Wildman–Crippen LogP) is 0.0409. The summed E-state index contributed by atoms with van der Waals surface area (Å²) in [5.41, 5.74) is 5.04. The molecule has 7 heavy (non-hydrogen) atoms. The van der Waals surface area contributed by atoms with Crippen molar-refractivity contribution < 1.29 is 16.8 Å². The van der Waals surface area contributed by atoms with Crippen molar-refractivity contribution in [3.05, 3.63) is 13.2 Å². The van der Waals surface area contributed by atoms with Gasteiger partial charge in [0.25, 0.3) is 0 Å². The van der Waals surface area contributed by atoms with E-state index in [1.165, 1.54) is 0 Å². The third kappa shape index (κ3) is 21.6. The van der Waals surface area contributed by atoms with Gasteiger partial charge >= 0.3 is 16.8 Å². The molecular formula is C3H11CoN3. The number of rotatable bonds is 2. The van der Waals surface area contributed by atoms with Gasteiger partial charge in [0, 0.05) is 6.54 Å². The largest absolute Gasteiger partial charge is 2.00 e. The second-order valence-corrected chi connectivity index (χ2v) is 0.789. The zero-order valence-corrected chi connectivity index (χ0v) is 5.15. The summed E-state index contributed by atoms with van der Waals surface area (Å²) in [6.45, 7) is 1.48. The summed E-state index contributed by atoms with van der Waals surface area (Å²) in [6, 6.07) is 0. The van der Waals surface area contributed by atoms with Crippen molar-refractivity contribution in [3.63, 3.8) is 0 Å². The van der Waals surface area contributed by atoms with E-state index < -0.39 is 0 Å². The van der Waals surface area contributed by atoms with Gasteiger partial charge in [0.2, 0.25) is 0 Å². The SMILES string of the molecule is [CH2-]NCCN.[Co+2].[NH2-]. The summed E-state index contributed by atoms with van der Waals surface area (Å²) >= 11 is 0. The van der Waals surface area contributed by atoms with Crippen molar-refractivity contribution in [1.82, 2.24) is 5.32 Å². The molecular weight excluding hydrogens is 137 g/mol. The van der Waals surface area contributed by atoms with E-state index in [9.17, 15) is 0 Å². The van der Waals surface area contributed by atoms with Crippen LogP contribution in [0.4, 0.5) is 0 Å². The van der Waals surface area contributed by atoms with Crippen molar-refractivity contribution >= 4 is 0 Å². The molecule has 0 unspecified atom stereocenters. The molecule has 0 aliphatic heterocycles. The molecule has 4 heteroatoms. The number of nitrogens with two attached hydrogens (primary N) is 2. The summed E-state index contributed by atoms with van der Waals surface area (Å²) in [4.78, 5) is 0. The van der Waals surface area contributed by atoms with E-state index in [0.717, 1.165) is 6.54 Å². The summed E-state index contributed by atoms with van der Waals surface area (Å²) in [5, 5.41) is 2.64. The van der Waals surface area contributed by atoms with Crippen molar-refractivity contribution in [2.75, 3.05) is 13.1 Å². The van der Waals surface area contributed by atoms with Crippen LogP contribution in [0.2, 0.25) is 0 Å². The van der Waals surface area contributed by atoms with Crippen LogP contribution in [-0.4, -0.2) is 13.1 Å². The van der Waals surface area contributed by atoms with Crippen LogP contribution in [0, 0.1) is 7.05 Å². The first kappa shape index (κ1) is 15.7. The van der Waals surface area contributed by atoms with E-state index >= 15 is 0 Å². The van der Waals surface area contributed by atoms with Gasteiger partial charge in [-0.25, -0.2) is 0 Å². The van der Waals surface area contributed by atoms with Gasteiger partial charge in [-0.1, -0.05) is 0 Å². The Morgan fingerprint density at radius 1 is 1.57 bits per heavy atom. The zero-order chi connectivity index (χ0) is 4.12. The van der Waals surface area contributed by atoms with E-state index in [1.807, 2.05) is 0 Å². The van der Waals surface area contributed by atoms with E-state index in [2.05, 4.69) is 12.4 Å². The standard InChI is InChI=1S/C3H9N2.Co.H2N/c1-5-3-2-4;;/h5H,1-4H2;;1H2/q-1;+2;-1. The molecule has 47 valence electrons. The summed E-state index contributed by atoms with van der Waals surface area (Å²) in [5.74, 6) is 0. The summed E-state index contributed by atoms with van der Waals surface area (Å²) in [6.07, 6.45) is 0. The van der Waals surface area contributed by atoms with Gasteiger partial charge in [-0.05, 0) is 6.54 Å². The average Bonchev–Trinajstić information content (AvgIpc) is 1.41. The monoisotopic (exact) mass is 148 g/mol. The van der Waals surface area contributed by atoms with Crippen molar-refractivity contribution in [1.29, 1.82) is 0 Å². The Kier molecular flexibility index (Phi) is 36.1. The third-order valence-electron chi connectivity index (χ3n) is 0.321. The summed E-state index contributed by atoms with van der Waals surface area (Å²) in [7, 11) is 3.35. The molecule has 0 saturated carbocycles. The molecule has 0 aromatic rings. The minimum absolute atomic E-state index is 0. The molecule has 5 N–H and O–H groups in total. The molecule has 0 aromatic carbocycles. The Hall–Kier alpha value is 0.386. The fraction of sp³-hybridized carbons (Fsp3) is 0.667. The van der Waals surface area contributed by atoms with Gasteiger partial charge in [-0.3, -0.25) is 7.05 Å². The van der Waals surface area contributed by atoms with Gasteiger partial charge < -0.3 is 17.2 Å². The number of hydrogen-bond donors (Lipinski definition) is 2. The molecule has 0 atom stereocenters. The smallest absolute Gasteiger partial charge is 0.693 e. The molecule has 3 nitrogen and oxygen atoms in total. The predicted molar refractivity (Wildman–Crippen MR) is 27.7 cm³/mol. The zero-order valence-electron chi connectivity index (χ0n) is 4.11. The van der Waals surface area contributed by atoms with Gasteiger partial charge in [0.1, 0.15) is 0 Å². The van der Waals surface area contributed by atoms with Gasteiger partial charge in [0.15, 0.2) is 0 Å². The maximum atomic E-state index is 5.04. The topological polar surface area (TPSA) is 71.5 Å². The number of hydrogen-bond acceptors (Lipinski definition) is 2. The minimum atomic E-state index is 0. The first-order chi connectivity index (χ1) is 2.41. The summed E-state index contributed by atoms with van der Waals surface area (Å²) < 4.78 is 0. The van der Waals surface area contributed by atoms with Crippen molar-refractivity contribution in [2.45, 2.75) is 0 Å². The first-order valence-corrected chi connectivity index (χ1v) is 1.62. The first-order valence-electron chi connectivity index (χ1n) is 1.62. The van der Waals surface area contributed by atoms with E-state index in [1.54, 1.807) is 0 Å². The van der Waals surface area contributed by atoms with Crippen LogP contribution < -0.4 is 11.1 Å². The van der Waals surface area contributed by atoms with Crippen LogP contribution in [0.15, 0.2) is 0 Å². The maximum Gasteiger partial charge on any atom is 2.00 e. The molecule has 0 fully saturated rings. The van der Waals surface area contributed by atoms with Crippen LogP contribution in [0.5, 0.6) is 0 Å².